The van der Waals surface area contributed by atoms with E-state index in [2.05, 4.69) is 30.8 Å². The second-order valence-corrected chi connectivity index (χ2v) is 7.71. The summed E-state index contributed by atoms with van der Waals surface area (Å²) >= 11 is 0. The first kappa shape index (κ1) is 24.1. The van der Waals surface area contributed by atoms with Crippen molar-refractivity contribution in [3.05, 3.63) is 29.8 Å². The average molecular weight is 487 g/mol. The number of aliphatic hydroxyl groups is 2. The van der Waals surface area contributed by atoms with Crippen molar-refractivity contribution in [2.45, 2.75) is 31.5 Å². The average Bonchev–Trinajstić information content (AvgIpc) is 3.50. The number of ether oxygens (including phenoxy) is 2. The highest BCUT2D eigenvalue weighted by Crippen LogP contribution is 2.32. The summed E-state index contributed by atoms with van der Waals surface area (Å²) in [5.41, 5.74) is 10.1. The van der Waals surface area contributed by atoms with Gasteiger partial charge < -0.3 is 35.3 Å². The monoisotopic (exact) mass is 487 g/mol. The number of nitrogen functional groups attached to an aromatic ring is 1. The molecule has 4 atom stereocenters. The number of nitrogens with one attached hydrogen (secondary N) is 2. The van der Waals surface area contributed by atoms with Crippen LogP contribution in [0.1, 0.15) is 29.2 Å². The number of fused-ring (bicyclic) bond motifs is 1. The van der Waals surface area contributed by atoms with Crippen LogP contribution in [-0.2, 0) is 21.3 Å². The molecule has 0 radical (unpaired) electrons. The van der Waals surface area contributed by atoms with E-state index >= 15 is 0 Å². The fourth-order valence-electron chi connectivity index (χ4n) is 3.69. The van der Waals surface area contributed by atoms with E-state index < -0.39 is 36.4 Å². The number of nitrogens with zero attached hydrogens (tertiary/aromatic N) is 6. The molecule has 35 heavy (non-hydrogen) atoms. The minimum absolute atomic E-state index is 0.0189. The van der Waals surface area contributed by atoms with Crippen LogP contribution in [0.4, 0.5) is 11.8 Å². The molecule has 1 saturated heterocycles. The van der Waals surface area contributed by atoms with E-state index in [1.807, 2.05) is 0 Å². The Hall–Kier alpha value is -4.08. The molecule has 1 aliphatic rings. The normalized spacial score (nSPS) is 22.1. The minimum Gasteiger partial charge on any atom is -0.464 e. The summed E-state index contributed by atoms with van der Waals surface area (Å²) in [6.45, 7) is 2.07. The van der Waals surface area contributed by atoms with Crippen LogP contribution in [0.3, 0.4) is 0 Å². The number of hydrogen-bond acceptors (Lipinski definition) is 12. The van der Waals surface area contributed by atoms with Crippen LogP contribution < -0.4 is 16.5 Å². The van der Waals surface area contributed by atoms with Crippen LogP contribution in [0.25, 0.3) is 11.2 Å². The minimum atomic E-state index is -1.45. The SMILES string of the molecule is CCNC(=O)[C@H]1O[C@@H](n2cnc3c(N)nc(N/N=C/c4cc(C(=O)OC)n(C)c4)nc32)[C@H](O)[C@@H]1O. The highest BCUT2D eigenvalue weighted by atomic mass is 16.6. The highest BCUT2D eigenvalue weighted by Gasteiger charge is 2.47. The Morgan fingerprint density at radius 1 is 1.34 bits per heavy atom. The lowest BCUT2D eigenvalue weighted by Gasteiger charge is -2.16. The molecular formula is C20H25N9O6. The molecule has 1 fully saturated rings. The molecule has 4 rings (SSSR count). The van der Waals surface area contributed by atoms with Gasteiger partial charge in [-0.15, -0.1) is 0 Å². The molecule has 0 aromatic carbocycles. The molecule has 0 bridgehead atoms. The van der Waals surface area contributed by atoms with Crippen LogP contribution in [0, 0.1) is 0 Å². The Kier molecular flexibility index (Phi) is 6.63. The Balaban J connectivity index is 1.57. The molecule has 0 unspecified atom stereocenters. The number of hydrogen-bond donors (Lipinski definition) is 5. The molecule has 3 aromatic rings. The zero-order valence-electron chi connectivity index (χ0n) is 19.1. The van der Waals surface area contributed by atoms with E-state index in [1.165, 1.54) is 24.2 Å². The summed E-state index contributed by atoms with van der Waals surface area (Å²) in [7, 11) is 2.99. The molecule has 4 heterocycles. The van der Waals surface area contributed by atoms with E-state index in [0.717, 1.165) is 0 Å². The number of hydrazone groups is 1. The Labute approximate surface area is 198 Å². The fraction of sp³-hybridized carbons (Fsp3) is 0.400. The van der Waals surface area contributed by atoms with Gasteiger partial charge in [-0.1, -0.05) is 0 Å². The molecule has 15 nitrogen and oxygen atoms in total. The van der Waals surface area contributed by atoms with E-state index in [0.29, 0.717) is 17.8 Å². The van der Waals surface area contributed by atoms with Gasteiger partial charge in [0.2, 0.25) is 5.95 Å². The number of nitrogens with two attached hydrogens (primary N) is 1. The first-order valence-corrected chi connectivity index (χ1v) is 10.6. The maximum absolute atomic E-state index is 12.2. The van der Waals surface area contributed by atoms with E-state index in [1.54, 1.807) is 30.8 Å². The zero-order chi connectivity index (χ0) is 25.3. The predicted molar refractivity (Wildman–Crippen MR) is 122 cm³/mol. The Morgan fingerprint density at radius 3 is 2.83 bits per heavy atom. The van der Waals surface area contributed by atoms with Crippen molar-refractivity contribution in [3.8, 4) is 0 Å². The smallest absolute Gasteiger partial charge is 0.354 e. The number of carbonyl (C=O) groups excluding carboxylic acids is 2. The summed E-state index contributed by atoms with van der Waals surface area (Å²) in [4.78, 5) is 36.5. The molecule has 1 aliphatic heterocycles. The Morgan fingerprint density at radius 2 is 2.11 bits per heavy atom. The first-order valence-electron chi connectivity index (χ1n) is 10.6. The van der Waals surface area contributed by atoms with Gasteiger partial charge in [0, 0.05) is 25.4 Å². The number of anilines is 2. The maximum atomic E-state index is 12.2. The summed E-state index contributed by atoms with van der Waals surface area (Å²) in [5, 5.41) is 27.4. The standard InChI is InChI=1S/C20H25N9O6/c1-4-22-17(32)14-12(30)13(31)18(35-14)29-8-23-11-15(21)25-20(26-16(11)29)27-24-6-9-5-10(19(33)34-3)28(2)7-9/h5-8,12-14,18,30-31H,4H2,1-3H3,(H,22,32)(H3,21,25,26,27)/b24-6+/t12-,13+,14-,18+/m0/s1. The van der Waals surface area contributed by atoms with Crippen molar-refractivity contribution in [1.82, 2.24) is 29.4 Å². The molecule has 3 aromatic heterocycles. The molecule has 15 heteroatoms. The number of aromatic nitrogens is 5. The predicted octanol–water partition coefficient (Wildman–Crippen LogP) is -1.27. The van der Waals surface area contributed by atoms with Crippen LogP contribution in [-0.4, -0.2) is 84.4 Å². The number of aliphatic hydroxyl groups excluding tert-OH is 2. The summed E-state index contributed by atoms with van der Waals surface area (Å²) in [6.07, 6.45) is -0.838. The number of rotatable bonds is 7. The van der Waals surface area contributed by atoms with Gasteiger partial charge in [-0.3, -0.25) is 9.36 Å². The summed E-state index contributed by atoms with van der Waals surface area (Å²) < 4.78 is 13.3. The molecular weight excluding hydrogens is 462 g/mol. The van der Waals surface area contributed by atoms with E-state index in [4.69, 9.17) is 15.2 Å². The molecule has 6 N–H and O–H groups in total. The van der Waals surface area contributed by atoms with Crippen molar-refractivity contribution in [3.63, 3.8) is 0 Å². The van der Waals surface area contributed by atoms with Crippen molar-refractivity contribution >= 4 is 41.0 Å². The quantitative estimate of drug-likeness (QED) is 0.151. The topological polar surface area (TPSA) is 204 Å². The molecule has 0 aliphatic carbocycles. The second-order valence-electron chi connectivity index (χ2n) is 7.71. The van der Waals surface area contributed by atoms with Gasteiger partial charge in [-0.25, -0.2) is 15.2 Å². The van der Waals surface area contributed by atoms with Crippen LogP contribution in [0.2, 0.25) is 0 Å². The van der Waals surface area contributed by atoms with E-state index in [9.17, 15) is 19.8 Å². The number of methoxy groups -OCH3 is 1. The van der Waals surface area contributed by atoms with Gasteiger partial charge in [0.15, 0.2) is 23.8 Å². The van der Waals surface area contributed by atoms with Crippen LogP contribution in [0.15, 0.2) is 23.7 Å². The molecule has 1 amide bonds. The molecule has 186 valence electrons. The van der Waals surface area contributed by atoms with Crippen molar-refractivity contribution < 1.29 is 29.3 Å². The maximum Gasteiger partial charge on any atom is 0.354 e. The zero-order valence-corrected chi connectivity index (χ0v) is 19.1. The van der Waals surface area contributed by atoms with Crippen molar-refractivity contribution in [1.29, 1.82) is 0 Å². The van der Waals surface area contributed by atoms with E-state index in [-0.39, 0.29) is 22.9 Å². The number of aryl methyl sites for hydroxylation is 1. The van der Waals surface area contributed by atoms with Gasteiger partial charge in [-0.05, 0) is 13.0 Å². The fourth-order valence-corrected chi connectivity index (χ4v) is 3.69. The van der Waals surface area contributed by atoms with Crippen molar-refractivity contribution in [2.24, 2.45) is 12.1 Å². The number of likely N-dealkylation sites (N-methyl/N-ethyl adjacent to an activating group) is 1. The number of esters is 1. The third kappa shape index (κ3) is 4.51. The van der Waals surface area contributed by atoms with Gasteiger partial charge in [0.1, 0.15) is 23.4 Å². The van der Waals surface area contributed by atoms with Crippen molar-refractivity contribution in [2.75, 3.05) is 24.8 Å². The number of carbonyl (C=O) groups is 2. The Bertz CT molecular complexity index is 1290. The number of imidazole rings is 1. The second kappa shape index (κ2) is 9.65. The first-order chi connectivity index (χ1) is 16.7. The van der Waals surface area contributed by atoms with Crippen LogP contribution in [0.5, 0.6) is 0 Å². The highest BCUT2D eigenvalue weighted by molar-refractivity contribution is 5.91. The molecule has 0 saturated carbocycles. The lowest BCUT2D eigenvalue weighted by atomic mass is 10.1. The third-order valence-corrected chi connectivity index (χ3v) is 5.37. The largest absolute Gasteiger partial charge is 0.464 e. The van der Waals surface area contributed by atoms with Gasteiger partial charge in [0.05, 0.1) is 19.7 Å². The molecule has 0 spiro atoms. The lowest BCUT2D eigenvalue weighted by Crippen LogP contribution is -2.42. The summed E-state index contributed by atoms with van der Waals surface area (Å²) in [6, 6.07) is 1.60. The summed E-state index contributed by atoms with van der Waals surface area (Å²) in [5.74, 6) is -0.975. The van der Waals surface area contributed by atoms with Gasteiger partial charge >= 0.3 is 5.97 Å². The third-order valence-electron chi connectivity index (χ3n) is 5.37. The number of amides is 1. The van der Waals surface area contributed by atoms with Gasteiger partial charge in [0.25, 0.3) is 5.91 Å². The lowest BCUT2D eigenvalue weighted by molar-refractivity contribution is -0.137. The van der Waals surface area contributed by atoms with Gasteiger partial charge in [-0.2, -0.15) is 15.1 Å². The van der Waals surface area contributed by atoms with Crippen LogP contribution >= 0.6 is 0 Å².